The van der Waals surface area contributed by atoms with E-state index in [1.165, 1.54) is 225 Å². The summed E-state index contributed by atoms with van der Waals surface area (Å²) in [6.45, 7) is 14.3. The molecule has 0 rings (SSSR count). The van der Waals surface area contributed by atoms with Gasteiger partial charge >= 0.3 is 39.5 Å². The van der Waals surface area contributed by atoms with E-state index in [0.29, 0.717) is 31.6 Å². The number of ether oxygens (including phenoxy) is 4. The van der Waals surface area contributed by atoms with E-state index in [4.69, 9.17) is 37.0 Å². The fourth-order valence-electron chi connectivity index (χ4n) is 12.8. The zero-order valence-electron chi connectivity index (χ0n) is 67.2. The number of esters is 4. The summed E-state index contributed by atoms with van der Waals surface area (Å²) in [5, 5.41) is 10.6. The van der Waals surface area contributed by atoms with Gasteiger partial charge in [-0.1, -0.05) is 376 Å². The van der Waals surface area contributed by atoms with Crippen LogP contribution in [0.2, 0.25) is 0 Å². The second kappa shape index (κ2) is 72.0. The second-order valence-electron chi connectivity index (χ2n) is 31.8. The van der Waals surface area contributed by atoms with Crippen molar-refractivity contribution in [3.05, 3.63) is 0 Å². The van der Waals surface area contributed by atoms with E-state index >= 15 is 0 Å². The molecule has 0 aromatic heterocycles. The molecule has 0 heterocycles. The van der Waals surface area contributed by atoms with Gasteiger partial charge in [-0.05, 0) is 49.4 Å². The lowest BCUT2D eigenvalue weighted by Crippen LogP contribution is -2.30. The summed E-state index contributed by atoms with van der Waals surface area (Å²) in [5.41, 5.74) is 0. The number of hydrogen-bond acceptors (Lipinski definition) is 15. The third-order valence-electron chi connectivity index (χ3n) is 19.3. The van der Waals surface area contributed by atoms with Gasteiger partial charge in [0.25, 0.3) is 0 Å². The Bertz CT molecular complexity index is 1990. The molecule has 0 bridgehead atoms. The average molecular weight is 1490 g/mol. The first-order valence-electron chi connectivity index (χ1n) is 42.7. The van der Waals surface area contributed by atoms with Crippen LogP contribution in [0.15, 0.2) is 0 Å². The molecule has 0 aromatic carbocycles. The zero-order valence-corrected chi connectivity index (χ0v) is 69.0. The van der Waals surface area contributed by atoms with Crippen molar-refractivity contribution in [2.24, 2.45) is 23.7 Å². The maximum atomic E-state index is 13.1. The van der Waals surface area contributed by atoms with Gasteiger partial charge in [-0.3, -0.25) is 37.3 Å². The van der Waals surface area contributed by atoms with Gasteiger partial charge in [0.15, 0.2) is 12.2 Å². The predicted molar refractivity (Wildman–Crippen MR) is 418 cm³/mol. The molecule has 0 aliphatic carbocycles. The third-order valence-corrected chi connectivity index (χ3v) is 21.2. The van der Waals surface area contributed by atoms with E-state index in [-0.39, 0.29) is 25.7 Å². The van der Waals surface area contributed by atoms with E-state index in [0.717, 1.165) is 114 Å². The molecule has 0 spiro atoms. The Morgan fingerprint density at radius 1 is 0.245 bits per heavy atom. The van der Waals surface area contributed by atoms with Gasteiger partial charge in [-0.2, -0.15) is 0 Å². The van der Waals surface area contributed by atoms with Crippen LogP contribution in [0.1, 0.15) is 428 Å². The molecule has 0 aromatic rings. The van der Waals surface area contributed by atoms with Crippen LogP contribution in [0.4, 0.5) is 0 Å². The normalized spacial score (nSPS) is 14.0. The van der Waals surface area contributed by atoms with Gasteiger partial charge in [-0.25, -0.2) is 9.13 Å². The molecule has 0 fully saturated rings. The fourth-order valence-corrected chi connectivity index (χ4v) is 14.4. The summed E-state index contributed by atoms with van der Waals surface area (Å²) in [4.78, 5) is 73.1. The van der Waals surface area contributed by atoms with Crippen molar-refractivity contribution in [2.75, 3.05) is 39.6 Å². The summed E-state index contributed by atoms with van der Waals surface area (Å²) in [6.07, 6.45) is 59.9. The van der Waals surface area contributed by atoms with Crippen molar-refractivity contribution in [3.8, 4) is 0 Å². The predicted octanol–water partition coefficient (Wildman–Crippen LogP) is 24.8. The summed E-state index contributed by atoms with van der Waals surface area (Å²) in [7, 11) is -9.92. The molecule has 606 valence electrons. The average Bonchev–Trinajstić information content (AvgIpc) is 0.918. The Labute approximate surface area is 626 Å². The van der Waals surface area contributed by atoms with Gasteiger partial charge in [0.05, 0.1) is 26.4 Å². The number of aliphatic hydroxyl groups is 1. The molecule has 17 nitrogen and oxygen atoms in total. The highest BCUT2D eigenvalue weighted by atomic mass is 31.2. The van der Waals surface area contributed by atoms with E-state index < -0.39 is 97.5 Å². The first kappa shape index (κ1) is 100. The monoisotopic (exact) mass is 1490 g/mol. The lowest BCUT2D eigenvalue weighted by molar-refractivity contribution is -0.161. The minimum absolute atomic E-state index is 0.106. The third kappa shape index (κ3) is 76.3. The number of phosphoric acid groups is 2. The van der Waals surface area contributed by atoms with Crippen molar-refractivity contribution < 1.29 is 80.2 Å². The molecule has 0 amide bonds. The standard InChI is InChI=1S/C83H162O17P2/c1-73(2)59-51-43-35-28-22-18-14-11-9-10-12-16-21-25-32-40-49-57-65-82(87)100-79(70-94-81(86)64-56-48-42-34-38-46-54-62-76(7)8)72-98-102(91,92)96-68-77(84)67-95-101(89,90)97-71-78(99-83(88)66-58-50-41-33-27-26-30-37-45-53-61-75(5)6)69-93-80(85)63-55-47-39-31-24-20-17-13-15-19-23-29-36-44-52-60-74(3)4/h73-79,84H,9-72H2,1-8H3,(H,89,90)(H,91,92)/t77?,78-,79-/m1/s1. The van der Waals surface area contributed by atoms with Gasteiger partial charge in [0.1, 0.15) is 19.3 Å². The molecule has 19 heteroatoms. The maximum absolute atomic E-state index is 13.1. The Hall–Kier alpha value is -1.94. The Balaban J connectivity index is 5.19. The van der Waals surface area contributed by atoms with Crippen LogP contribution >= 0.6 is 15.6 Å². The topological polar surface area (TPSA) is 237 Å². The Morgan fingerprint density at radius 2 is 0.412 bits per heavy atom. The second-order valence-corrected chi connectivity index (χ2v) is 34.7. The fraction of sp³-hybridized carbons (Fsp3) is 0.952. The molecular weight excluding hydrogens is 1330 g/mol. The van der Waals surface area contributed by atoms with Crippen molar-refractivity contribution in [1.29, 1.82) is 0 Å². The van der Waals surface area contributed by atoms with Crippen molar-refractivity contribution in [2.45, 2.75) is 446 Å². The lowest BCUT2D eigenvalue weighted by Gasteiger charge is -2.21. The number of carbonyl (C=O) groups is 4. The molecule has 0 radical (unpaired) electrons. The minimum atomic E-state index is -4.96. The van der Waals surface area contributed by atoms with Crippen molar-refractivity contribution in [3.63, 3.8) is 0 Å². The highest BCUT2D eigenvalue weighted by molar-refractivity contribution is 7.47. The van der Waals surface area contributed by atoms with Crippen LogP contribution in [-0.2, 0) is 65.4 Å². The Morgan fingerprint density at radius 3 is 0.608 bits per heavy atom. The number of rotatable bonds is 80. The van der Waals surface area contributed by atoms with Gasteiger partial charge in [0.2, 0.25) is 0 Å². The van der Waals surface area contributed by atoms with Crippen LogP contribution in [-0.4, -0.2) is 96.7 Å². The number of aliphatic hydroxyl groups excluding tert-OH is 1. The largest absolute Gasteiger partial charge is 0.472 e. The molecule has 3 N–H and O–H groups in total. The maximum Gasteiger partial charge on any atom is 0.472 e. The molecular formula is C83H162O17P2. The van der Waals surface area contributed by atoms with E-state index in [2.05, 4.69) is 55.4 Å². The SMILES string of the molecule is CC(C)CCCCCCCCCCCCCCCCCCCCC(=O)O[C@H](COC(=O)CCCCCCCCCC(C)C)COP(=O)(O)OCC(O)COP(=O)(O)OC[C@@H](COC(=O)CCCCCCCCCCCCCCCCCC(C)C)OC(=O)CCCCCCCCCCCCC(C)C. The first-order valence-corrected chi connectivity index (χ1v) is 45.7. The van der Waals surface area contributed by atoms with Crippen LogP contribution in [0.5, 0.6) is 0 Å². The Kier molecular flexibility index (Phi) is 70.6. The summed E-state index contributed by atoms with van der Waals surface area (Å²) in [6, 6.07) is 0. The van der Waals surface area contributed by atoms with Crippen LogP contribution < -0.4 is 0 Å². The molecule has 0 saturated carbocycles. The van der Waals surface area contributed by atoms with Gasteiger partial charge in [0, 0.05) is 25.7 Å². The molecule has 0 aliphatic rings. The van der Waals surface area contributed by atoms with Crippen LogP contribution in [0.25, 0.3) is 0 Å². The minimum Gasteiger partial charge on any atom is -0.462 e. The van der Waals surface area contributed by atoms with E-state index in [1.54, 1.807) is 0 Å². The summed E-state index contributed by atoms with van der Waals surface area (Å²) < 4.78 is 68.7. The molecule has 0 aliphatic heterocycles. The van der Waals surface area contributed by atoms with Crippen LogP contribution in [0, 0.1) is 23.7 Å². The van der Waals surface area contributed by atoms with Crippen LogP contribution in [0.3, 0.4) is 0 Å². The molecule has 5 atom stereocenters. The smallest absolute Gasteiger partial charge is 0.462 e. The number of carbonyl (C=O) groups excluding carboxylic acids is 4. The highest BCUT2D eigenvalue weighted by Gasteiger charge is 2.30. The highest BCUT2D eigenvalue weighted by Crippen LogP contribution is 2.45. The van der Waals surface area contributed by atoms with E-state index in [9.17, 15) is 43.2 Å². The van der Waals surface area contributed by atoms with Crippen molar-refractivity contribution in [1.82, 2.24) is 0 Å². The van der Waals surface area contributed by atoms with Crippen molar-refractivity contribution >= 4 is 39.5 Å². The number of hydrogen-bond donors (Lipinski definition) is 3. The summed E-state index contributed by atoms with van der Waals surface area (Å²) >= 11 is 0. The van der Waals surface area contributed by atoms with Gasteiger partial charge < -0.3 is 33.8 Å². The first-order chi connectivity index (χ1) is 49.1. The lowest BCUT2D eigenvalue weighted by atomic mass is 10.0. The number of phosphoric ester groups is 2. The van der Waals surface area contributed by atoms with Gasteiger partial charge in [-0.15, -0.1) is 0 Å². The van der Waals surface area contributed by atoms with E-state index in [1.807, 2.05) is 0 Å². The quantitative estimate of drug-likeness (QED) is 0.0222. The molecule has 3 unspecified atom stereocenters. The summed E-state index contributed by atoms with van der Waals surface area (Å²) in [5.74, 6) is 0.971. The molecule has 0 saturated heterocycles. The zero-order chi connectivity index (χ0) is 75.3. The number of unbranched alkanes of at least 4 members (excludes halogenated alkanes) is 46. The molecule has 102 heavy (non-hydrogen) atoms.